The minimum atomic E-state index is 0.588. The molecule has 0 atom stereocenters. The van der Waals surface area contributed by atoms with E-state index in [1.165, 1.54) is 11.1 Å². The van der Waals surface area contributed by atoms with E-state index in [4.69, 9.17) is 4.74 Å². The van der Waals surface area contributed by atoms with Crippen LogP contribution in [-0.2, 0) is 6.61 Å². The van der Waals surface area contributed by atoms with Gasteiger partial charge in [-0.05, 0) is 41.0 Å². The first-order valence-corrected chi connectivity index (χ1v) is 7.63. The highest BCUT2D eigenvalue weighted by Crippen LogP contribution is 2.25. The van der Waals surface area contributed by atoms with Crippen LogP contribution < -0.4 is 4.74 Å². The Morgan fingerprint density at radius 3 is 2.24 bits per heavy atom. The monoisotopic (exact) mass is 338 g/mol. The van der Waals surface area contributed by atoms with Crippen LogP contribution in [-0.4, -0.2) is 0 Å². The standard InChI is InChI=1S/C19H15BrO/c20-18-11-9-16(10-12-18)17-7-4-8-19(13-17)21-14-15-5-2-1-3-6-15/h1-13H,14H2. The Hall–Kier alpha value is -2.06. The van der Waals surface area contributed by atoms with Crippen LogP contribution in [0.2, 0.25) is 0 Å². The summed E-state index contributed by atoms with van der Waals surface area (Å²) in [6.45, 7) is 0.588. The summed E-state index contributed by atoms with van der Waals surface area (Å²) in [5.41, 5.74) is 3.52. The second kappa shape index (κ2) is 6.59. The molecule has 0 bridgehead atoms. The highest BCUT2D eigenvalue weighted by atomic mass is 79.9. The summed E-state index contributed by atoms with van der Waals surface area (Å²) in [5.74, 6) is 0.888. The van der Waals surface area contributed by atoms with Gasteiger partial charge in [0.05, 0.1) is 0 Å². The summed E-state index contributed by atoms with van der Waals surface area (Å²) in [6, 6.07) is 26.7. The van der Waals surface area contributed by atoms with Gasteiger partial charge < -0.3 is 4.74 Å². The molecule has 3 aromatic carbocycles. The third-order valence-electron chi connectivity index (χ3n) is 3.26. The average Bonchev–Trinajstić information content (AvgIpc) is 2.55. The van der Waals surface area contributed by atoms with Gasteiger partial charge in [0.1, 0.15) is 12.4 Å². The number of benzene rings is 3. The third-order valence-corrected chi connectivity index (χ3v) is 3.79. The first-order chi connectivity index (χ1) is 10.3. The number of rotatable bonds is 4. The summed E-state index contributed by atoms with van der Waals surface area (Å²) >= 11 is 3.46. The van der Waals surface area contributed by atoms with Gasteiger partial charge in [0.2, 0.25) is 0 Å². The van der Waals surface area contributed by atoms with Crippen LogP contribution in [0.3, 0.4) is 0 Å². The van der Waals surface area contributed by atoms with Crippen LogP contribution in [0.15, 0.2) is 83.3 Å². The van der Waals surface area contributed by atoms with Gasteiger partial charge in [-0.15, -0.1) is 0 Å². The molecule has 0 aliphatic rings. The smallest absolute Gasteiger partial charge is 0.120 e. The third kappa shape index (κ3) is 3.73. The fraction of sp³-hybridized carbons (Fsp3) is 0.0526. The molecule has 0 heterocycles. The maximum atomic E-state index is 5.87. The van der Waals surface area contributed by atoms with E-state index < -0.39 is 0 Å². The van der Waals surface area contributed by atoms with E-state index in [1.807, 2.05) is 42.5 Å². The molecule has 1 nitrogen and oxygen atoms in total. The molecule has 0 amide bonds. The van der Waals surface area contributed by atoms with E-state index in [9.17, 15) is 0 Å². The molecule has 0 unspecified atom stereocenters. The van der Waals surface area contributed by atoms with E-state index >= 15 is 0 Å². The van der Waals surface area contributed by atoms with Gasteiger partial charge in [-0.3, -0.25) is 0 Å². The van der Waals surface area contributed by atoms with E-state index in [0.717, 1.165) is 15.8 Å². The largest absolute Gasteiger partial charge is 0.489 e. The summed E-state index contributed by atoms with van der Waals surface area (Å²) < 4.78 is 6.95. The van der Waals surface area contributed by atoms with Crippen LogP contribution in [0.1, 0.15) is 5.56 Å². The van der Waals surface area contributed by atoms with Gasteiger partial charge in [-0.25, -0.2) is 0 Å². The fourth-order valence-electron chi connectivity index (χ4n) is 2.15. The molecule has 0 saturated carbocycles. The number of halogens is 1. The zero-order valence-corrected chi connectivity index (χ0v) is 13.1. The molecule has 3 aromatic rings. The molecule has 104 valence electrons. The minimum Gasteiger partial charge on any atom is -0.489 e. The van der Waals surface area contributed by atoms with Crippen LogP contribution in [0.5, 0.6) is 5.75 Å². The van der Waals surface area contributed by atoms with Crippen molar-refractivity contribution in [1.82, 2.24) is 0 Å². The van der Waals surface area contributed by atoms with E-state index in [1.54, 1.807) is 0 Å². The molecule has 0 aliphatic carbocycles. The fourth-order valence-corrected chi connectivity index (χ4v) is 2.41. The second-order valence-electron chi connectivity index (χ2n) is 4.81. The summed E-state index contributed by atoms with van der Waals surface area (Å²) in [4.78, 5) is 0. The van der Waals surface area contributed by atoms with E-state index in [0.29, 0.717) is 6.61 Å². The van der Waals surface area contributed by atoms with Crippen molar-refractivity contribution < 1.29 is 4.74 Å². The van der Waals surface area contributed by atoms with Gasteiger partial charge in [-0.2, -0.15) is 0 Å². The molecule has 0 N–H and O–H groups in total. The predicted octanol–water partition coefficient (Wildman–Crippen LogP) is 5.70. The predicted molar refractivity (Wildman–Crippen MR) is 90.4 cm³/mol. The Morgan fingerprint density at radius 2 is 1.48 bits per heavy atom. The lowest BCUT2D eigenvalue weighted by Crippen LogP contribution is -1.94. The van der Waals surface area contributed by atoms with Gasteiger partial charge in [0.25, 0.3) is 0 Å². The van der Waals surface area contributed by atoms with Crippen LogP contribution >= 0.6 is 15.9 Å². The van der Waals surface area contributed by atoms with Crippen LogP contribution in [0.4, 0.5) is 0 Å². The Labute approximate surface area is 133 Å². The molecule has 3 rings (SSSR count). The van der Waals surface area contributed by atoms with Crippen molar-refractivity contribution in [1.29, 1.82) is 0 Å². The Kier molecular flexibility index (Phi) is 4.37. The zero-order valence-electron chi connectivity index (χ0n) is 11.5. The molecular formula is C19H15BrO. The van der Waals surface area contributed by atoms with Crippen LogP contribution in [0, 0.1) is 0 Å². The van der Waals surface area contributed by atoms with Crippen molar-refractivity contribution >= 4 is 15.9 Å². The molecule has 0 aromatic heterocycles. The van der Waals surface area contributed by atoms with Crippen molar-refractivity contribution in [2.24, 2.45) is 0 Å². The first kappa shape index (κ1) is 13.9. The maximum Gasteiger partial charge on any atom is 0.120 e. The van der Waals surface area contributed by atoms with Crippen LogP contribution in [0.25, 0.3) is 11.1 Å². The lowest BCUT2D eigenvalue weighted by Gasteiger charge is -2.08. The minimum absolute atomic E-state index is 0.588. The van der Waals surface area contributed by atoms with Gasteiger partial charge in [-0.1, -0.05) is 70.5 Å². The first-order valence-electron chi connectivity index (χ1n) is 6.84. The SMILES string of the molecule is Brc1ccc(-c2cccc(OCc3ccccc3)c2)cc1. The van der Waals surface area contributed by atoms with Crippen molar-refractivity contribution in [2.75, 3.05) is 0 Å². The van der Waals surface area contributed by atoms with Gasteiger partial charge in [0, 0.05) is 4.47 Å². The molecule has 0 saturated heterocycles. The lowest BCUT2D eigenvalue weighted by molar-refractivity contribution is 0.306. The normalized spacial score (nSPS) is 10.3. The van der Waals surface area contributed by atoms with Crippen molar-refractivity contribution in [3.8, 4) is 16.9 Å². The molecule has 0 radical (unpaired) electrons. The summed E-state index contributed by atoms with van der Waals surface area (Å²) in [5, 5.41) is 0. The lowest BCUT2D eigenvalue weighted by atomic mass is 10.1. The van der Waals surface area contributed by atoms with Crippen molar-refractivity contribution in [3.05, 3.63) is 88.9 Å². The zero-order chi connectivity index (χ0) is 14.5. The number of hydrogen-bond donors (Lipinski definition) is 0. The van der Waals surface area contributed by atoms with Gasteiger partial charge in [0.15, 0.2) is 0 Å². The highest BCUT2D eigenvalue weighted by molar-refractivity contribution is 9.10. The Morgan fingerprint density at radius 1 is 0.714 bits per heavy atom. The number of hydrogen-bond acceptors (Lipinski definition) is 1. The van der Waals surface area contributed by atoms with E-state index in [-0.39, 0.29) is 0 Å². The molecule has 2 heteroatoms. The molecule has 21 heavy (non-hydrogen) atoms. The second-order valence-corrected chi connectivity index (χ2v) is 5.72. The highest BCUT2D eigenvalue weighted by Gasteiger charge is 2.01. The Balaban J connectivity index is 1.75. The molecule has 0 spiro atoms. The van der Waals surface area contributed by atoms with E-state index in [2.05, 4.69) is 52.3 Å². The molecular weight excluding hydrogens is 324 g/mol. The summed E-state index contributed by atoms with van der Waals surface area (Å²) in [6.07, 6.45) is 0. The molecule has 0 fully saturated rings. The average molecular weight is 339 g/mol. The summed E-state index contributed by atoms with van der Waals surface area (Å²) in [7, 11) is 0. The molecule has 0 aliphatic heterocycles. The maximum absolute atomic E-state index is 5.87. The Bertz CT molecular complexity index is 705. The van der Waals surface area contributed by atoms with Crippen molar-refractivity contribution in [2.45, 2.75) is 6.61 Å². The van der Waals surface area contributed by atoms with Gasteiger partial charge >= 0.3 is 0 Å². The van der Waals surface area contributed by atoms with Crippen molar-refractivity contribution in [3.63, 3.8) is 0 Å². The quantitative estimate of drug-likeness (QED) is 0.593. The topological polar surface area (TPSA) is 9.23 Å². The number of ether oxygens (including phenoxy) is 1.